The van der Waals surface area contributed by atoms with Crippen LogP contribution in [0.3, 0.4) is 0 Å². The number of rotatable bonds is 4. The van der Waals surface area contributed by atoms with Gasteiger partial charge in [-0.15, -0.1) is 0 Å². The summed E-state index contributed by atoms with van der Waals surface area (Å²) in [5.74, 6) is -0.475. The van der Waals surface area contributed by atoms with Gasteiger partial charge >= 0.3 is 0 Å². The highest BCUT2D eigenvalue weighted by Gasteiger charge is 2.08. The van der Waals surface area contributed by atoms with Crippen molar-refractivity contribution in [3.8, 4) is 6.07 Å². The van der Waals surface area contributed by atoms with Crippen LogP contribution in [-0.4, -0.2) is 9.78 Å². The van der Waals surface area contributed by atoms with E-state index in [9.17, 15) is 4.39 Å². The SMILES string of the molecule is CCc1cc(CC)n(Cc2ccc(F)c(C#N)c2)n1. The molecule has 1 aromatic carbocycles. The molecule has 0 aliphatic rings. The van der Waals surface area contributed by atoms with Crippen molar-refractivity contribution in [2.75, 3.05) is 0 Å². The van der Waals surface area contributed by atoms with Gasteiger partial charge in [-0.1, -0.05) is 19.9 Å². The first-order valence-electron chi connectivity index (χ1n) is 6.42. The first kappa shape index (κ1) is 13.3. The number of aromatic nitrogens is 2. The predicted octanol–water partition coefficient (Wildman–Crippen LogP) is 3.07. The minimum Gasteiger partial charge on any atom is -0.265 e. The van der Waals surface area contributed by atoms with Gasteiger partial charge in [0.1, 0.15) is 11.9 Å². The van der Waals surface area contributed by atoms with Crippen molar-refractivity contribution in [3.05, 3.63) is 52.6 Å². The number of aryl methyl sites for hydroxylation is 2. The summed E-state index contributed by atoms with van der Waals surface area (Å²) in [5, 5.41) is 13.4. The molecule has 1 heterocycles. The second-order valence-corrected chi connectivity index (χ2v) is 4.42. The van der Waals surface area contributed by atoms with Crippen molar-refractivity contribution in [1.82, 2.24) is 9.78 Å². The Bertz CT molecular complexity index is 623. The molecule has 19 heavy (non-hydrogen) atoms. The van der Waals surface area contributed by atoms with Gasteiger partial charge in [-0.2, -0.15) is 10.4 Å². The number of benzene rings is 1. The van der Waals surface area contributed by atoms with E-state index >= 15 is 0 Å². The van der Waals surface area contributed by atoms with Gasteiger partial charge in [0.05, 0.1) is 17.8 Å². The first-order chi connectivity index (χ1) is 9.17. The van der Waals surface area contributed by atoms with Gasteiger partial charge in [-0.25, -0.2) is 4.39 Å². The second-order valence-electron chi connectivity index (χ2n) is 4.42. The molecule has 1 aromatic heterocycles. The van der Waals surface area contributed by atoms with Crippen molar-refractivity contribution in [3.63, 3.8) is 0 Å². The third-order valence-electron chi connectivity index (χ3n) is 3.12. The van der Waals surface area contributed by atoms with Gasteiger partial charge in [0.25, 0.3) is 0 Å². The fourth-order valence-electron chi connectivity index (χ4n) is 2.04. The average molecular weight is 257 g/mol. The van der Waals surface area contributed by atoms with E-state index in [0.29, 0.717) is 6.54 Å². The lowest BCUT2D eigenvalue weighted by atomic mass is 10.1. The summed E-state index contributed by atoms with van der Waals surface area (Å²) in [5.41, 5.74) is 3.18. The molecule has 2 aromatic rings. The molecule has 0 fully saturated rings. The van der Waals surface area contributed by atoms with Crippen LogP contribution in [-0.2, 0) is 19.4 Å². The molecule has 0 bridgehead atoms. The Morgan fingerprint density at radius 1 is 1.26 bits per heavy atom. The van der Waals surface area contributed by atoms with E-state index in [4.69, 9.17) is 5.26 Å². The van der Waals surface area contributed by atoms with Crippen molar-refractivity contribution < 1.29 is 4.39 Å². The zero-order valence-corrected chi connectivity index (χ0v) is 11.2. The smallest absolute Gasteiger partial charge is 0.140 e. The standard InChI is InChI=1S/C15H16FN3/c1-3-13-8-14(4-2)19(18-13)10-11-5-6-15(16)12(7-11)9-17/h5-8H,3-4,10H2,1-2H3. The zero-order chi connectivity index (χ0) is 13.8. The first-order valence-corrected chi connectivity index (χ1v) is 6.42. The summed E-state index contributed by atoms with van der Waals surface area (Å²) >= 11 is 0. The Labute approximate surface area is 112 Å². The predicted molar refractivity (Wildman–Crippen MR) is 71.2 cm³/mol. The van der Waals surface area contributed by atoms with Gasteiger partial charge < -0.3 is 0 Å². The van der Waals surface area contributed by atoms with Gasteiger partial charge in [0.15, 0.2) is 0 Å². The highest BCUT2D eigenvalue weighted by Crippen LogP contribution is 2.13. The molecule has 0 amide bonds. The Morgan fingerprint density at radius 3 is 2.68 bits per heavy atom. The molecule has 98 valence electrons. The van der Waals surface area contributed by atoms with Crippen LogP contribution in [0.4, 0.5) is 4.39 Å². The average Bonchev–Trinajstić information content (AvgIpc) is 2.83. The topological polar surface area (TPSA) is 41.6 Å². The van der Waals surface area contributed by atoms with Crippen LogP contribution in [0.2, 0.25) is 0 Å². The maximum absolute atomic E-state index is 13.3. The molecular formula is C15H16FN3. The van der Waals surface area contributed by atoms with Gasteiger partial charge in [0, 0.05) is 5.69 Å². The number of nitriles is 1. The van der Waals surface area contributed by atoms with E-state index in [1.54, 1.807) is 12.1 Å². The van der Waals surface area contributed by atoms with Gasteiger partial charge in [-0.3, -0.25) is 4.68 Å². The van der Waals surface area contributed by atoms with Crippen molar-refractivity contribution in [1.29, 1.82) is 5.26 Å². The minimum atomic E-state index is -0.475. The lowest BCUT2D eigenvalue weighted by Gasteiger charge is -2.06. The summed E-state index contributed by atoms with van der Waals surface area (Å²) < 4.78 is 15.2. The lowest BCUT2D eigenvalue weighted by molar-refractivity contribution is 0.616. The second kappa shape index (κ2) is 5.66. The number of nitrogens with zero attached hydrogens (tertiary/aromatic N) is 3. The van der Waals surface area contributed by atoms with E-state index in [1.165, 1.54) is 6.07 Å². The van der Waals surface area contributed by atoms with Crippen LogP contribution < -0.4 is 0 Å². The van der Waals surface area contributed by atoms with Crippen LogP contribution in [0.1, 0.15) is 36.4 Å². The van der Waals surface area contributed by atoms with Crippen LogP contribution in [0, 0.1) is 17.1 Å². The quantitative estimate of drug-likeness (QED) is 0.844. The summed E-state index contributed by atoms with van der Waals surface area (Å²) in [6.07, 6.45) is 1.80. The molecule has 4 heteroatoms. The molecule has 0 aliphatic carbocycles. The number of hydrogen-bond donors (Lipinski definition) is 0. The molecular weight excluding hydrogens is 241 g/mol. The Hall–Kier alpha value is -2.15. The van der Waals surface area contributed by atoms with Crippen LogP contribution in [0.15, 0.2) is 24.3 Å². The zero-order valence-electron chi connectivity index (χ0n) is 11.2. The fraction of sp³-hybridized carbons (Fsp3) is 0.333. The minimum absolute atomic E-state index is 0.0819. The molecule has 0 N–H and O–H groups in total. The van der Waals surface area contributed by atoms with E-state index in [-0.39, 0.29) is 5.56 Å². The van der Waals surface area contributed by atoms with Crippen molar-refractivity contribution in [2.24, 2.45) is 0 Å². The van der Waals surface area contributed by atoms with Crippen LogP contribution >= 0.6 is 0 Å². The van der Waals surface area contributed by atoms with Gasteiger partial charge in [0.2, 0.25) is 0 Å². The Balaban J connectivity index is 2.31. The van der Waals surface area contributed by atoms with Crippen LogP contribution in [0.25, 0.3) is 0 Å². The summed E-state index contributed by atoms with van der Waals surface area (Å²) in [7, 11) is 0. The normalized spacial score (nSPS) is 10.4. The third-order valence-corrected chi connectivity index (χ3v) is 3.12. The largest absolute Gasteiger partial charge is 0.265 e. The molecule has 0 radical (unpaired) electrons. The Kier molecular flexibility index (Phi) is 3.96. The molecule has 2 rings (SSSR count). The van der Waals surface area contributed by atoms with Crippen molar-refractivity contribution in [2.45, 2.75) is 33.2 Å². The highest BCUT2D eigenvalue weighted by atomic mass is 19.1. The maximum atomic E-state index is 13.3. The molecule has 3 nitrogen and oxygen atoms in total. The summed E-state index contributed by atoms with van der Waals surface area (Å²) in [6.45, 7) is 4.72. The molecule has 0 spiro atoms. The maximum Gasteiger partial charge on any atom is 0.140 e. The molecule has 0 saturated carbocycles. The molecule has 0 atom stereocenters. The number of halogens is 1. The molecule has 0 saturated heterocycles. The highest BCUT2D eigenvalue weighted by molar-refractivity contribution is 5.34. The fourth-order valence-corrected chi connectivity index (χ4v) is 2.04. The monoisotopic (exact) mass is 257 g/mol. The van der Waals surface area contributed by atoms with E-state index in [1.807, 2.05) is 10.8 Å². The third kappa shape index (κ3) is 2.82. The number of hydrogen-bond acceptors (Lipinski definition) is 2. The van der Waals surface area contributed by atoms with Crippen molar-refractivity contribution >= 4 is 0 Å². The lowest BCUT2D eigenvalue weighted by Crippen LogP contribution is -2.06. The molecule has 0 aliphatic heterocycles. The summed E-state index contributed by atoms with van der Waals surface area (Å²) in [4.78, 5) is 0. The Morgan fingerprint density at radius 2 is 2.05 bits per heavy atom. The van der Waals surface area contributed by atoms with E-state index < -0.39 is 5.82 Å². The van der Waals surface area contributed by atoms with Crippen LogP contribution in [0.5, 0.6) is 0 Å². The molecule has 0 unspecified atom stereocenters. The van der Waals surface area contributed by atoms with E-state index in [2.05, 4.69) is 25.0 Å². The van der Waals surface area contributed by atoms with Gasteiger partial charge in [-0.05, 0) is 36.6 Å². The summed E-state index contributed by atoms with van der Waals surface area (Å²) in [6, 6.07) is 8.57. The van der Waals surface area contributed by atoms with E-state index in [0.717, 1.165) is 29.8 Å².